The summed E-state index contributed by atoms with van der Waals surface area (Å²) in [5.74, 6) is -0.852. The van der Waals surface area contributed by atoms with Gasteiger partial charge in [-0.05, 0) is 36.4 Å². The number of amides is 2. The number of aromatic amines is 2. The molecule has 4 aromatic rings. The van der Waals surface area contributed by atoms with Crippen LogP contribution in [0.2, 0.25) is 0 Å². The second kappa shape index (κ2) is 6.88. The van der Waals surface area contributed by atoms with E-state index in [1.54, 1.807) is 55.6 Å². The van der Waals surface area contributed by atoms with Gasteiger partial charge in [-0.15, -0.1) is 0 Å². The number of aromatic nitrogens is 3. The van der Waals surface area contributed by atoms with E-state index in [2.05, 4.69) is 30.3 Å². The third-order valence-corrected chi connectivity index (χ3v) is 4.21. The quantitative estimate of drug-likeness (QED) is 0.432. The highest BCUT2D eigenvalue weighted by atomic mass is 16.5. The summed E-state index contributed by atoms with van der Waals surface area (Å²) in [4.78, 5) is 40.7. The number of anilines is 1. The van der Waals surface area contributed by atoms with E-state index >= 15 is 0 Å². The summed E-state index contributed by atoms with van der Waals surface area (Å²) in [5.41, 5.74) is 2.91. The maximum atomic E-state index is 12.5. The van der Waals surface area contributed by atoms with Crippen molar-refractivity contribution in [3.05, 3.63) is 70.3 Å². The Hall–Kier alpha value is -4.14. The van der Waals surface area contributed by atoms with E-state index in [-0.39, 0.29) is 11.8 Å². The molecule has 0 unspecified atom stereocenters. The van der Waals surface area contributed by atoms with Crippen molar-refractivity contribution in [1.82, 2.24) is 20.4 Å². The van der Waals surface area contributed by atoms with E-state index < -0.39 is 5.76 Å². The summed E-state index contributed by atoms with van der Waals surface area (Å²) in [6.45, 7) is 0. The van der Waals surface area contributed by atoms with Gasteiger partial charge in [0.2, 0.25) is 0 Å². The number of benzene rings is 2. The first-order chi connectivity index (χ1) is 13.5. The van der Waals surface area contributed by atoms with Crippen molar-refractivity contribution < 1.29 is 14.1 Å². The molecule has 140 valence electrons. The van der Waals surface area contributed by atoms with E-state index in [0.29, 0.717) is 28.3 Å². The van der Waals surface area contributed by atoms with Gasteiger partial charge in [0.05, 0.1) is 0 Å². The maximum Gasteiger partial charge on any atom is 0.439 e. The molecule has 2 aromatic heterocycles. The lowest BCUT2D eigenvalue weighted by Gasteiger charge is -2.06. The van der Waals surface area contributed by atoms with Crippen LogP contribution in [0.3, 0.4) is 0 Å². The number of fused-ring (bicyclic) bond motifs is 1. The second-order valence-electron chi connectivity index (χ2n) is 6.04. The van der Waals surface area contributed by atoms with Crippen LogP contribution < -0.4 is 16.4 Å². The number of nitrogens with zero attached hydrogens (tertiary/aromatic N) is 1. The summed E-state index contributed by atoms with van der Waals surface area (Å²) in [7, 11) is 1.56. The third-order valence-electron chi connectivity index (χ3n) is 4.21. The zero-order chi connectivity index (χ0) is 19.7. The van der Waals surface area contributed by atoms with Gasteiger partial charge in [-0.2, -0.15) is 0 Å². The van der Waals surface area contributed by atoms with Crippen molar-refractivity contribution in [3.8, 4) is 11.4 Å². The van der Waals surface area contributed by atoms with Crippen LogP contribution in [0.25, 0.3) is 22.3 Å². The molecule has 0 atom stereocenters. The van der Waals surface area contributed by atoms with Crippen molar-refractivity contribution in [1.29, 1.82) is 0 Å². The fourth-order valence-electron chi connectivity index (χ4n) is 2.80. The Kier molecular flexibility index (Phi) is 4.24. The average Bonchev–Trinajstić information content (AvgIpc) is 3.33. The summed E-state index contributed by atoms with van der Waals surface area (Å²) in [6, 6.07) is 13.6. The molecule has 0 saturated heterocycles. The Labute approximate surface area is 157 Å². The molecule has 0 saturated carbocycles. The predicted octanol–water partition coefficient (Wildman–Crippen LogP) is 2.12. The SMILES string of the molecule is CNC(=O)c1cc2cc(NC(=O)c3ccc(-c4noc(=O)[nH]4)cc3)ccc2[nH]1. The minimum Gasteiger partial charge on any atom is -0.354 e. The minimum atomic E-state index is -0.642. The zero-order valence-corrected chi connectivity index (χ0v) is 14.7. The number of carbonyl (C=O) groups is 2. The van der Waals surface area contributed by atoms with E-state index in [9.17, 15) is 14.4 Å². The average molecular weight is 377 g/mol. The van der Waals surface area contributed by atoms with Crippen molar-refractivity contribution in [2.75, 3.05) is 12.4 Å². The fourth-order valence-corrected chi connectivity index (χ4v) is 2.80. The van der Waals surface area contributed by atoms with Crippen molar-refractivity contribution in [3.63, 3.8) is 0 Å². The summed E-state index contributed by atoms with van der Waals surface area (Å²) < 4.78 is 4.47. The lowest BCUT2D eigenvalue weighted by Crippen LogP contribution is -2.17. The molecule has 9 nitrogen and oxygen atoms in total. The first-order valence-corrected chi connectivity index (χ1v) is 8.36. The lowest BCUT2D eigenvalue weighted by molar-refractivity contribution is 0.0958. The first-order valence-electron chi connectivity index (χ1n) is 8.36. The van der Waals surface area contributed by atoms with E-state index in [1.165, 1.54) is 0 Å². The smallest absolute Gasteiger partial charge is 0.354 e. The zero-order valence-electron chi connectivity index (χ0n) is 14.7. The Morgan fingerprint density at radius 2 is 1.79 bits per heavy atom. The van der Waals surface area contributed by atoms with Gasteiger partial charge in [0.25, 0.3) is 11.8 Å². The van der Waals surface area contributed by atoms with Crippen LogP contribution in [0, 0.1) is 0 Å². The first kappa shape index (κ1) is 17.3. The lowest BCUT2D eigenvalue weighted by atomic mass is 10.1. The van der Waals surface area contributed by atoms with Crippen LogP contribution in [-0.4, -0.2) is 34.0 Å². The molecule has 2 aromatic carbocycles. The molecule has 0 aliphatic heterocycles. The molecule has 28 heavy (non-hydrogen) atoms. The predicted molar refractivity (Wildman–Crippen MR) is 102 cm³/mol. The minimum absolute atomic E-state index is 0.213. The highest BCUT2D eigenvalue weighted by Gasteiger charge is 2.11. The Balaban J connectivity index is 1.52. The van der Waals surface area contributed by atoms with Gasteiger partial charge < -0.3 is 15.6 Å². The monoisotopic (exact) mass is 377 g/mol. The van der Waals surface area contributed by atoms with Gasteiger partial charge >= 0.3 is 5.76 Å². The molecule has 0 aliphatic carbocycles. The second-order valence-corrected chi connectivity index (χ2v) is 6.04. The molecule has 0 bridgehead atoms. The van der Waals surface area contributed by atoms with Crippen LogP contribution in [0.4, 0.5) is 5.69 Å². The summed E-state index contributed by atoms with van der Waals surface area (Å²) in [5, 5.41) is 9.79. The van der Waals surface area contributed by atoms with Gasteiger partial charge in [0.15, 0.2) is 5.82 Å². The third kappa shape index (κ3) is 3.28. The molecule has 0 radical (unpaired) electrons. The van der Waals surface area contributed by atoms with Gasteiger partial charge in [-0.25, -0.2) is 4.79 Å². The van der Waals surface area contributed by atoms with Crippen LogP contribution in [0.1, 0.15) is 20.8 Å². The molecular formula is C19H15N5O4. The number of carbonyl (C=O) groups excluding carboxylic acids is 2. The van der Waals surface area contributed by atoms with Gasteiger partial charge in [0.1, 0.15) is 5.69 Å². The standard InChI is InChI=1S/C19H15N5O4/c1-20-18(26)15-9-12-8-13(6-7-14(12)22-15)21-17(25)11-4-2-10(3-5-11)16-23-19(27)28-24-16/h2-9,22H,1H3,(H,20,26)(H,21,25)(H,23,24,27). The summed E-state index contributed by atoms with van der Waals surface area (Å²) >= 11 is 0. The molecule has 0 spiro atoms. The molecule has 2 heterocycles. The van der Waals surface area contributed by atoms with Gasteiger partial charge in [-0.1, -0.05) is 17.3 Å². The van der Waals surface area contributed by atoms with Crippen LogP contribution in [-0.2, 0) is 0 Å². The van der Waals surface area contributed by atoms with Crippen molar-refractivity contribution in [2.24, 2.45) is 0 Å². The Bertz CT molecular complexity index is 1230. The number of nitrogens with one attached hydrogen (secondary N) is 4. The topological polar surface area (TPSA) is 133 Å². The Morgan fingerprint density at radius 1 is 1.00 bits per heavy atom. The number of H-pyrrole nitrogens is 2. The normalized spacial score (nSPS) is 10.8. The van der Waals surface area contributed by atoms with Gasteiger partial charge in [0, 0.05) is 34.8 Å². The molecular weight excluding hydrogens is 362 g/mol. The molecule has 0 fully saturated rings. The van der Waals surface area contributed by atoms with Crippen molar-refractivity contribution >= 4 is 28.4 Å². The van der Waals surface area contributed by atoms with E-state index in [1.807, 2.05) is 0 Å². The molecule has 4 N–H and O–H groups in total. The molecule has 4 rings (SSSR count). The maximum absolute atomic E-state index is 12.5. The Morgan fingerprint density at radius 3 is 2.46 bits per heavy atom. The highest BCUT2D eigenvalue weighted by molar-refractivity contribution is 6.06. The largest absolute Gasteiger partial charge is 0.439 e. The highest BCUT2D eigenvalue weighted by Crippen LogP contribution is 2.21. The number of hydrogen-bond acceptors (Lipinski definition) is 5. The number of hydrogen-bond donors (Lipinski definition) is 4. The van der Waals surface area contributed by atoms with Crippen LogP contribution in [0.5, 0.6) is 0 Å². The fraction of sp³-hybridized carbons (Fsp3) is 0.0526. The van der Waals surface area contributed by atoms with Crippen LogP contribution in [0.15, 0.2) is 57.8 Å². The van der Waals surface area contributed by atoms with Crippen LogP contribution >= 0.6 is 0 Å². The van der Waals surface area contributed by atoms with Crippen molar-refractivity contribution in [2.45, 2.75) is 0 Å². The molecule has 2 amide bonds. The molecule has 0 aliphatic rings. The molecule has 9 heteroatoms. The van der Waals surface area contributed by atoms with E-state index in [0.717, 1.165) is 10.9 Å². The van der Waals surface area contributed by atoms with E-state index in [4.69, 9.17) is 0 Å². The van der Waals surface area contributed by atoms with Gasteiger partial charge in [-0.3, -0.25) is 19.1 Å². The number of rotatable bonds is 4. The summed E-state index contributed by atoms with van der Waals surface area (Å²) in [6.07, 6.45) is 0.